The number of carbonyl (C=O) groups is 2. The molecule has 0 radical (unpaired) electrons. The molecule has 2 N–H and O–H groups in total. The Hall–Kier alpha value is -2.82. The van der Waals surface area contributed by atoms with Gasteiger partial charge in [-0.05, 0) is 47.6 Å². The van der Waals surface area contributed by atoms with Gasteiger partial charge in [-0.3, -0.25) is 9.59 Å². The Balaban J connectivity index is 1.48. The van der Waals surface area contributed by atoms with Gasteiger partial charge in [0.15, 0.2) is 0 Å². The normalized spacial score (nSPS) is 18.1. The van der Waals surface area contributed by atoms with Crippen LogP contribution >= 0.6 is 0 Å². The van der Waals surface area contributed by atoms with Gasteiger partial charge < -0.3 is 15.1 Å². The smallest absolute Gasteiger partial charge is 0.244 e. The highest BCUT2D eigenvalue weighted by Crippen LogP contribution is 2.41. The van der Waals surface area contributed by atoms with Gasteiger partial charge in [-0.2, -0.15) is 0 Å². The Morgan fingerprint density at radius 2 is 2.04 bits per heavy atom. The van der Waals surface area contributed by atoms with Gasteiger partial charge in [0.25, 0.3) is 0 Å². The van der Waals surface area contributed by atoms with Crippen molar-refractivity contribution < 1.29 is 14.0 Å². The Bertz CT molecular complexity index is 822. The number of fused-ring (bicyclic) bond motifs is 1. The van der Waals surface area contributed by atoms with Gasteiger partial charge in [0.1, 0.15) is 5.76 Å². The molecule has 2 amide bonds. The minimum absolute atomic E-state index is 0.0382. The zero-order chi connectivity index (χ0) is 19.3. The molecule has 0 saturated heterocycles. The van der Waals surface area contributed by atoms with Crippen molar-refractivity contribution in [1.29, 1.82) is 0 Å². The predicted molar refractivity (Wildman–Crippen MR) is 105 cm³/mol. The van der Waals surface area contributed by atoms with Crippen molar-refractivity contribution in [2.75, 3.05) is 6.54 Å². The fraction of sp³-hybridized carbons (Fsp3) is 0.364. The summed E-state index contributed by atoms with van der Waals surface area (Å²) in [5.74, 6) is 0.315. The van der Waals surface area contributed by atoms with Crippen LogP contribution in [0.1, 0.15) is 56.0 Å². The molecule has 1 aromatic carbocycles. The van der Waals surface area contributed by atoms with Crippen LogP contribution in [0.4, 0.5) is 0 Å². The minimum Gasteiger partial charge on any atom is -0.465 e. The lowest BCUT2D eigenvalue weighted by molar-refractivity contribution is -0.122. The van der Waals surface area contributed by atoms with Crippen molar-refractivity contribution in [1.82, 2.24) is 10.6 Å². The number of benzene rings is 1. The van der Waals surface area contributed by atoms with E-state index in [9.17, 15) is 9.59 Å². The first-order chi connectivity index (χ1) is 13.0. The van der Waals surface area contributed by atoms with Crippen LogP contribution in [-0.4, -0.2) is 18.4 Å². The zero-order valence-electron chi connectivity index (χ0n) is 15.8. The first kappa shape index (κ1) is 19.0. The van der Waals surface area contributed by atoms with E-state index in [1.807, 2.05) is 6.07 Å². The molecule has 5 nitrogen and oxygen atoms in total. The number of hydrogen-bond acceptors (Lipinski definition) is 3. The predicted octanol–water partition coefficient (Wildman–Crippen LogP) is 3.73. The lowest BCUT2D eigenvalue weighted by Crippen LogP contribution is -2.37. The van der Waals surface area contributed by atoms with Gasteiger partial charge in [-0.15, -0.1) is 0 Å². The molecule has 0 saturated carbocycles. The molecule has 27 heavy (non-hydrogen) atoms. The summed E-state index contributed by atoms with van der Waals surface area (Å²) < 4.78 is 5.12. The first-order valence-corrected chi connectivity index (χ1v) is 9.34. The SMILES string of the molecule is CC1(C)CCC(NC(=O)CCNC(=O)/C=C/c2ccco2)c2ccccc21. The maximum absolute atomic E-state index is 12.3. The number of carbonyl (C=O) groups excluding carboxylic acids is 2. The number of nitrogens with one attached hydrogen (secondary N) is 2. The Labute approximate surface area is 159 Å². The summed E-state index contributed by atoms with van der Waals surface area (Å²) in [5, 5.41) is 5.83. The second-order valence-corrected chi connectivity index (χ2v) is 7.52. The van der Waals surface area contributed by atoms with Crippen LogP contribution in [0, 0.1) is 0 Å². The summed E-state index contributed by atoms with van der Waals surface area (Å²) in [4.78, 5) is 24.1. The average Bonchev–Trinajstić information content (AvgIpc) is 3.16. The number of hydrogen-bond donors (Lipinski definition) is 2. The quantitative estimate of drug-likeness (QED) is 0.765. The summed E-state index contributed by atoms with van der Waals surface area (Å²) in [5.41, 5.74) is 2.64. The minimum atomic E-state index is -0.246. The van der Waals surface area contributed by atoms with Crippen molar-refractivity contribution in [3.8, 4) is 0 Å². The Morgan fingerprint density at radius 1 is 1.22 bits per heavy atom. The van der Waals surface area contributed by atoms with Crippen molar-refractivity contribution in [3.63, 3.8) is 0 Å². The molecule has 0 aliphatic heterocycles. The summed E-state index contributed by atoms with van der Waals surface area (Å²) >= 11 is 0. The van der Waals surface area contributed by atoms with Gasteiger partial charge in [-0.1, -0.05) is 38.1 Å². The van der Waals surface area contributed by atoms with E-state index in [-0.39, 0.29) is 29.7 Å². The molecule has 0 bridgehead atoms. The molecule has 0 fully saturated rings. The van der Waals surface area contributed by atoms with Gasteiger partial charge in [-0.25, -0.2) is 0 Å². The highest BCUT2D eigenvalue weighted by atomic mass is 16.3. The van der Waals surface area contributed by atoms with E-state index >= 15 is 0 Å². The Morgan fingerprint density at radius 3 is 2.81 bits per heavy atom. The zero-order valence-corrected chi connectivity index (χ0v) is 15.8. The molecule has 1 aromatic heterocycles. The van der Waals surface area contributed by atoms with Crippen LogP contribution < -0.4 is 10.6 Å². The summed E-state index contributed by atoms with van der Waals surface area (Å²) in [6, 6.07) is 11.9. The number of furan rings is 1. The third-order valence-corrected chi connectivity index (χ3v) is 5.05. The highest BCUT2D eigenvalue weighted by Gasteiger charge is 2.32. The van der Waals surface area contributed by atoms with E-state index < -0.39 is 0 Å². The molecule has 0 spiro atoms. The molecule has 1 aliphatic carbocycles. The van der Waals surface area contributed by atoms with Gasteiger partial charge >= 0.3 is 0 Å². The standard InChI is InChI=1S/C22H26N2O3/c1-22(2)13-11-19(17-7-3-4-8-18(17)22)24-21(26)12-14-23-20(25)10-9-16-6-5-15-27-16/h3-10,15,19H,11-14H2,1-2H3,(H,23,25)(H,24,26)/b10-9+. The Kier molecular flexibility index (Phi) is 5.79. The van der Waals surface area contributed by atoms with Crippen LogP contribution in [0.5, 0.6) is 0 Å². The van der Waals surface area contributed by atoms with Gasteiger partial charge in [0.2, 0.25) is 11.8 Å². The highest BCUT2D eigenvalue weighted by molar-refractivity contribution is 5.91. The van der Waals surface area contributed by atoms with E-state index in [0.29, 0.717) is 12.3 Å². The lowest BCUT2D eigenvalue weighted by atomic mass is 9.71. The molecular weight excluding hydrogens is 340 g/mol. The number of rotatable bonds is 6. The topological polar surface area (TPSA) is 71.3 Å². The molecule has 1 aliphatic rings. The molecule has 2 aromatic rings. The largest absolute Gasteiger partial charge is 0.465 e. The van der Waals surface area contributed by atoms with E-state index in [2.05, 4.69) is 42.7 Å². The fourth-order valence-corrected chi connectivity index (χ4v) is 3.53. The van der Waals surface area contributed by atoms with Crippen molar-refractivity contribution in [2.45, 2.75) is 44.6 Å². The average molecular weight is 366 g/mol. The molecule has 1 heterocycles. The van der Waals surface area contributed by atoms with Gasteiger partial charge in [0, 0.05) is 19.0 Å². The van der Waals surface area contributed by atoms with Crippen LogP contribution in [0.3, 0.4) is 0 Å². The van der Waals surface area contributed by atoms with Crippen molar-refractivity contribution in [2.24, 2.45) is 0 Å². The van der Waals surface area contributed by atoms with Crippen molar-refractivity contribution >= 4 is 17.9 Å². The fourth-order valence-electron chi connectivity index (χ4n) is 3.53. The summed E-state index contributed by atoms with van der Waals surface area (Å²) in [7, 11) is 0. The third kappa shape index (κ3) is 4.88. The van der Waals surface area contributed by atoms with Crippen LogP contribution in [-0.2, 0) is 15.0 Å². The monoisotopic (exact) mass is 366 g/mol. The molecule has 3 rings (SSSR count). The third-order valence-electron chi connectivity index (χ3n) is 5.05. The van der Waals surface area contributed by atoms with Crippen LogP contribution in [0.15, 0.2) is 53.2 Å². The maximum atomic E-state index is 12.3. The van der Waals surface area contributed by atoms with Crippen molar-refractivity contribution in [3.05, 3.63) is 65.6 Å². The van der Waals surface area contributed by atoms with E-state index in [1.165, 1.54) is 17.2 Å². The molecule has 1 unspecified atom stereocenters. The summed E-state index contributed by atoms with van der Waals surface area (Å²) in [6.07, 6.45) is 6.75. The number of amides is 2. The second kappa shape index (κ2) is 8.25. The lowest BCUT2D eigenvalue weighted by Gasteiger charge is -2.37. The maximum Gasteiger partial charge on any atom is 0.244 e. The van der Waals surface area contributed by atoms with E-state index in [1.54, 1.807) is 24.5 Å². The van der Waals surface area contributed by atoms with Crippen LogP contribution in [0.25, 0.3) is 6.08 Å². The van der Waals surface area contributed by atoms with Gasteiger partial charge in [0.05, 0.1) is 12.3 Å². The molecule has 1 atom stereocenters. The summed E-state index contributed by atoms with van der Waals surface area (Å²) in [6.45, 7) is 4.79. The molecule has 5 heteroatoms. The molecular formula is C22H26N2O3. The molecule has 142 valence electrons. The first-order valence-electron chi connectivity index (χ1n) is 9.34. The van der Waals surface area contributed by atoms with E-state index in [4.69, 9.17) is 4.42 Å². The van der Waals surface area contributed by atoms with Crippen LogP contribution in [0.2, 0.25) is 0 Å². The van der Waals surface area contributed by atoms with E-state index in [0.717, 1.165) is 12.8 Å². The second-order valence-electron chi connectivity index (χ2n) is 7.52.